The maximum absolute atomic E-state index is 12.0. The fraction of sp³-hybridized carbons (Fsp3) is 0.400. The van der Waals surface area contributed by atoms with Gasteiger partial charge >= 0.3 is 0 Å². The van der Waals surface area contributed by atoms with Gasteiger partial charge in [0.2, 0.25) is 5.91 Å². The van der Waals surface area contributed by atoms with E-state index in [4.69, 9.17) is 10.00 Å². The van der Waals surface area contributed by atoms with Gasteiger partial charge in [0.15, 0.2) is 0 Å². The van der Waals surface area contributed by atoms with Crippen molar-refractivity contribution in [1.82, 2.24) is 5.32 Å². The third-order valence-corrected chi connectivity index (χ3v) is 3.21. The first kappa shape index (κ1) is 15.0. The van der Waals surface area contributed by atoms with E-state index in [0.717, 1.165) is 18.4 Å². The zero-order valence-electron chi connectivity index (χ0n) is 11.6. The lowest BCUT2D eigenvalue weighted by molar-refractivity contribution is -0.124. The van der Waals surface area contributed by atoms with Crippen molar-refractivity contribution in [3.63, 3.8) is 0 Å². The van der Waals surface area contributed by atoms with Crippen LogP contribution in [0.2, 0.25) is 0 Å². The van der Waals surface area contributed by atoms with Gasteiger partial charge < -0.3 is 15.4 Å². The highest BCUT2D eigenvalue weighted by atomic mass is 16.5. The molecule has 0 saturated carbocycles. The van der Waals surface area contributed by atoms with Crippen molar-refractivity contribution >= 4 is 17.5 Å². The molecule has 2 N–H and O–H groups in total. The molecule has 1 aromatic carbocycles. The van der Waals surface area contributed by atoms with Crippen LogP contribution in [0, 0.1) is 11.3 Å². The Morgan fingerprint density at radius 1 is 1.38 bits per heavy atom. The molecule has 0 spiro atoms. The van der Waals surface area contributed by atoms with Gasteiger partial charge in [0.1, 0.15) is 12.5 Å². The fourth-order valence-corrected chi connectivity index (χ4v) is 2.12. The predicted molar refractivity (Wildman–Crippen MR) is 76.1 cm³/mol. The number of anilines is 1. The Hall–Kier alpha value is -2.39. The van der Waals surface area contributed by atoms with Crippen LogP contribution in [0.5, 0.6) is 0 Å². The number of nitrogens with zero attached hydrogens (tertiary/aromatic N) is 1. The molecule has 0 aliphatic carbocycles. The highest BCUT2D eigenvalue weighted by molar-refractivity contribution is 5.95. The summed E-state index contributed by atoms with van der Waals surface area (Å²) in [5.74, 6) is -0.499. The Morgan fingerprint density at radius 3 is 2.90 bits per heavy atom. The molecule has 21 heavy (non-hydrogen) atoms. The van der Waals surface area contributed by atoms with Crippen molar-refractivity contribution in [3.05, 3.63) is 29.8 Å². The Bertz CT molecular complexity index is 560. The van der Waals surface area contributed by atoms with Gasteiger partial charge in [-0.1, -0.05) is 18.2 Å². The van der Waals surface area contributed by atoms with E-state index in [2.05, 4.69) is 10.6 Å². The molecule has 1 atom stereocenters. The molecular formula is C15H17N3O3. The Balaban J connectivity index is 1.97. The minimum Gasteiger partial charge on any atom is -0.368 e. The lowest BCUT2D eigenvalue weighted by Gasteiger charge is -2.14. The number of ether oxygens (including phenoxy) is 1. The highest BCUT2D eigenvalue weighted by Gasteiger charge is 2.23. The lowest BCUT2D eigenvalue weighted by Crippen LogP contribution is -2.28. The average molecular weight is 287 g/mol. The van der Waals surface area contributed by atoms with Crippen molar-refractivity contribution in [2.24, 2.45) is 0 Å². The first-order valence-corrected chi connectivity index (χ1v) is 6.84. The van der Waals surface area contributed by atoms with E-state index in [0.29, 0.717) is 12.3 Å². The smallest absolute Gasteiger partial charge is 0.253 e. The molecule has 0 aromatic heterocycles. The van der Waals surface area contributed by atoms with Gasteiger partial charge in [-0.25, -0.2) is 0 Å². The van der Waals surface area contributed by atoms with Crippen LogP contribution in [0.1, 0.15) is 24.8 Å². The summed E-state index contributed by atoms with van der Waals surface area (Å²) in [6.45, 7) is 0.881. The largest absolute Gasteiger partial charge is 0.368 e. The summed E-state index contributed by atoms with van der Waals surface area (Å²) in [5, 5.41) is 13.9. The molecule has 1 heterocycles. The maximum Gasteiger partial charge on any atom is 0.253 e. The SMILES string of the molecule is N#CCC(=O)NCc1ccccc1NC(=O)C1CCCO1. The second-order valence-corrected chi connectivity index (χ2v) is 4.76. The minimum atomic E-state index is -0.397. The minimum absolute atomic E-state index is 0.164. The van der Waals surface area contributed by atoms with Crippen molar-refractivity contribution < 1.29 is 14.3 Å². The predicted octanol–water partition coefficient (Wildman–Crippen LogP) is 1.33. The normalized spacial score (nSPS) is 17.0. The molecule has 1 aliphatic heterocycles. The van der Waals surface area contributed by atoms with Gasteiger partial charge in [-0.2, -0.15) is 5.26 Å². The van der Waals surface area contributed by atoms with Gasteiger partial charge in [0, 0.05) is 18.8 Å². The summed E-state index contributed by atoms with van der Waals surface area (Å²) in [6.07, 6.45) is 1.05. The molecule has 1 aromatic rings. The van der Waals surface area contributed by atoms with Crippen molar-refractivity contribution in [3.8, 4) is 6.07 Å². The molecule has 6 nitrogen and oxygen atoms in total. The summed E-state index contributed by atoms with van der Waals surface area (Å²) in [7, 11) is 0. The Morgan fingerprint density at radius 2 is 2.19 bits per heavy atom. The van der Waals surface area contributed by atoms with Crippen LogP contribution in [0.25, 0.3) is 0 Å². The number of benzene rings is 1. The number of para-hydroxylation sites is 1. The summed E-state index contributed by atoms with van der Waals surface area (Å²) < 4.78 is 5.34. The molecule has 2 amide bonds. The van der Waals surface area contributed by atoms with Gasteiger partial charge in [-0.05, 0) is 24.5 Å². The average Bonchev–Trinajstić information content (AvgIpc) is 3.01. The van der Waals surface area contributed by atoms with Gasteiger partial charge in [0.05, 0.1) is 6.07 Å². The van der Waals surface area contributed by atoms with E-state index in [9.17, 15) is 9.59 Å². The van der Waals surface area contributed by atoms with Crippen LogP contribution in [0.15, 0.2) is 24.3 Å². The molecule has 0 bridgehead atoms. The van der Waals surface area contributed by atoms with Crippen LogP contribution in [-0.2, 0) is 20.9 Å². The number of amides is 2. The fourth-order valence-electron chi connectivity index (χ4n) is 2.12. The van der Waals surface area contributed by atoms with Gasteiger partial charge in [-0.15, -0.1) is 0 Å². The molecule has 6 heteroatoms. The second kappa shape index (κ2) is 7.41. The highest BCUT2D eigenvalue weighted by Crippen LogP contribution is 2.18. The summed E-state index contributed by atoms with van der Waals surface area (Å²) >= 11 is 0. The van der Waals surface area contributed by atoms with E-state index < -0.39 is 6.10 Å². The maximum atomic E-state index is 12.0. The molecule has 0 radical (unpaired) electrons. The van der Waals surface area contributed by atoms with E-state index in [1.807, 2.05) is 18.2 Å². The number of carbonyl (C=O) groups excluding carboxylic acids is 2. The standard InChI is InChI=1S/C15H17N3O3/c16-8-7-14(19)17-10-11-4-1-2-5-12(11)18-15(20)13-6-3-9-21-13/h1-2,4-5,13H,3,6-7,9-10H2,(H,17,19)(H,18,20). The zero-order valence-corrected chi connectivity index (χ0v) is 11.6. The summed E-state index contributed by atoms with van der Waals surface area (Å²) in [5.41, 5.74) is 1.44. The second-order valence-electron chi connectivity index (χ2n) is 4.76. The monoisotopic (exact) mass is 287 g/mol. The lowest BCUT2D eigenvalue weighted by atomic mass is 10.1. The number of carbonyl (C=O) groups is 2. The van der Waals surface area contributed by atoms with Crippen LogP contribution in [-0.4, -0.2) is 24.5 Å². The van der Waals surface area contributed by atoms with Crippen LogP contribution in [0.4, 0.5) is 5.69 Å². The van der Waals surface area contributed by atoms with Crippen LogP contribution in [0.3, 0.4) is 0 Å². The van der Waals surface area contributed by atoms with Crippen molar-refractivity contribution in [2.45, 2.75) is 31.9 Å². The van der Waals surface area contributed by atoms with E-state index >= 15 is 0 Å². The first-order valence-electron chi connectivity index (χ1n) is 6.84. The molecule has 110 valence electrons. The number of hydrogen-bond donors (Lipinski definition) is 2. The number of hydrogen-bond acceptors (Lipinski definition) is 4. The quantitative estimate of drug-likeness (QED) is 0.854. The topological polar surface area (TPSA) is 91.2 Å². The number of nitrogens with one attached hydrogen (secondary N) is 2. The molecule has 2 rings (SSSR count). The van der Waals surface area contributed by atoms with Gasteiger partial charge in [-0.3, -0.25) is 9.59 Å². The van der Waals surface area contributed by atoms with Crippen molar-refractivity contribution in [1.29, 1.82) is 5.26 Å². The molecule has 1 aliphatic rings. The van der Waals surface area contributed by atoms with Crippen LogP contribution >= 0.6 is 0 Å². The summed E-state index contributed by atoms with van der Waals surface area (Å²) in [4.78, 5) is 23.4. The molecule has 1 unspecified atom stereocenters. The van der Waals surface area contributed by atoms with Crippen molar-refractivity contribution in [2.75, 3.05) is 11.9 Å². The summed E-state index contributed by atoms with van der Waals surface area (Å²) in [6, 6.07) is 9.02. The van der Waals surface area contributed by atoms with E-state index in [1.54, 1.807) is 12.1 Å². The van der Waals surface area contributed by atoms with Crippen LogP contribution < -0.4 is 10.6 Å². The Labute approximate surface area is 123 Å². The number of rotatable bonds is 5. The molecular weight excluding hydrogens is 270 g/mol. The third-order valence-electron chi connectivity index (χ3n) is 3.21. The van der Waals surface area contributed by atoms with E-state index in [1.165, 1.54) is 0 Å². The number of nitriles is 1. The molecule has 1 fully saturated rings. The van der Waals surface area contributed by atoms with Gasteiger partial charge in [0.25, 0.3) is 5.91 Å². The molecule has 1 saturated heterocycles. The van der Waals surface area contributed by atoms with E-state index in [-0.39, 0.29) is 24.8 Å². The first-order chi connectivity index (χ1) is 10.2. The Kier molecular flexibility index (Phi) is 5.29. The third kappa shape index (κ3) is 4.29. The zero-order chi connectivity index (χ0) is 15.1.